The second-order valence-electron chi connectivity index (χ2n) is 5.40. The minimum Gasteiger partial charge on any atom is -0.353 e. The van der Waals surface area contributed by atoms with E-state index in [0.29, 0.717) is 6.04 Å². The normalized spacial score (nSPS) is 22.4. The Morgan fingerprint density at radius 1 is 1.12 bits per heavy atom. The lowest BCUT2D eigenvalue weighted by Gasteiger charge is -2.19. The van der Waals surface area contributed by atoms with Crippen molar-refractivity contribution in [2.24, 2.45) is 0 Å². The Morgan fingerprint density at radius 2 is 1.76 bits per heavy atom. The third-order valence-corrected chi connectivity index (χ3v) is 4.20. The smallest absolute Gasteiger partial charge is 0.230 e. The van der Waals surface area contributed by atoms with Crippen LogP contribution in [0.4, 0.5) is 0 Å². The molecule has 2 saturated carbocycles. The van der Waals surface area contributed by atoms with Crippen LogP contribution in [0.1, 0.15) is 44.1 Å². The molecule has 0 aliphatic heterocycles. The molecule has 2 heteroatoms. The third-order valence-electron chi connectivity index (χ3n) is 4.20. The zero-order chi connectivity index (χ0) is 11.7. The van der Waals surface area contributed by atoms with E-state index in [4.69, 9.17) is 0 Å². The summed E-state index contributed by atoms with van der Waals surface area (Å²) in [6.45, 7) is 0. The number of amides is 1. The van der Waals surface area contributed by atoms with E-state index in [-0.39, 0.29) is 11.3 Å². The van der Waals surface area contributed by atoms with Crippen LogP contribution in [0.2, 0.25) is 0 Å². The van der Waals surface area contributed by atoms with Gasteiger partial charge < -0.3 is 5.32 Å². The van der Waals surface area contributed by atoms with Gasteiger partial charge in [0.05, 0.1) is 5.41 Å². The second-order valence-corrected chi connectivity index (χ2v) is 5.40. The fraction of sp³-hybridized carbons (Fsp3) is 0.533. The van der Waals surface area contributed by atoms with Crippen molar-refractivity contribution >= 4 is 5.91 Å². The van der Waals surface area contributed by atoms with Crippen molar-refractivity contribution in [2.45, 2.75) is 50.0 Å². The largest absolute Gasteiger partial charge is 0.353 e. The zero-order valence-electron chi connectivity index (χ0n) is 10.1. The first-order valence-corrected chi connectivity index (χ1v) is 6.68. The first-order valence-electron chi connectivity index (χ1n) is 6.68. The van der Waals surface area contributed by atoms with Crippen LogP contribution in [0.15, 0.2) is 30.3 Å². The standard InChI is InChI=1S/C15H19NO/c17-14(16-13-8-4-5-9-13)15(10-11-15)12-6-2-1-3-7-12/h1-3,6-7,13H,4-5,8-11H2,(H,16,17). The fourth-order valence-electron chi connectivity index (χ4n) is 2.92. The van der Waals surface area contributed by atoms with Gasteiger partial charge in [-0.3, -0.25) is 4.79 Å². The molecule has 0 atom stereocenters. The Hall–Kier alpha value is -1.31. The molecule has 90 valence electrons. The molecule has 1 aromatic carbocycles. The fourth-order valence-corrected chi connectivity index (χ4v) is 2.92. The van der Waals surface area contributed by atoms with Crippen LogP contribution in [0.3, 0.4) is 0 Å². The van der Waals surface area contributed by atoms with Gasteiger partial charge in [-0.25, -0.2) is 0 Å². The lowest BCUT2D eigenvalue weighted by Crippen LogP contribution is -2.40. The molecule has 2 nitrogen and oxygen atoms in total. The third kappa shape index (κ3) is 1.97. The maximum absolute atomic E-state index is 12.4. The maximum atomic E-state index is 12.4. The van der Waals surface area contributed by atoms with Crippen LogP contribution in [0, 0.1) is 0 Å². The van der Waals surface area contributed by atoms with E-state index in [2.05, 4.69) is 17.4 Å². The van der Waals surface area contributed by atoms with E-state index in [1.165, 1.54) is 18.4 Å². The SMILES string of the molecule is O=C(NC1CCCC1)C1(c2ccccc2)CC1. The molecule has 2 fully saturated rings. The van der Waals surface area contributed by atoms with Crippen molar-refractivity contribution in [2.75, 3.05) is 0 Å². The quantitative estimate of drug-likeness (QED) is 0.848. The molecule has 0 heterocycles. The molecule has 0 unspecified atom stereocenters. The van der Waals surface area contributed by atoms with Crippen LogP contribution < -0.4 is 5.32 Å². The topological polar surface area (TPSA) is 29.1 Å². The number of carbonyl (C=O) groups excluding carboxylic acids is 1. The number of benzene rings is 1. The molecule has 0 spiro atoms. The van der Waals surface area contributed by atoms with Crippen LogP contribution in [-0.4, -0.2) is 11.9 Å². The summed E-state index contributed by atoms with van der Waals surface area (Å²) >= 11 is 0. The predicted molar refractivity (Wildman–Crippen MR) is 67.8 cm³/mol. The van der Waals surface area contributed by atoms with Crippen molar-refractivity contribution < 1.29 is 4.79 Å². The molecular weight excluding hydrogens is 210 g/mol. The summed E-state index contributed by atoms with van der Waals surface area (Å²) < 4.78 is 0. The number of carbonyl (C=O) groups is 1. The van der Waals surface area contributed by atoms with Gasteiger partial charge in [0, 0.05) is 6.04 Å². The first-order chi connectivity index (χ1) is 8.31. The summed E-state index contributed by atoms with van der Waals surface area (Å²) in [5, 5.41) is 3.24. The van der Waals surface area contributed by atoms with Crippen LogP contribution in [-0.2, 0) is 10.2 Å². The van der Waals surface area contributed by atoms with E-state index in [9.17, 15) is 4.79 Å². The Balaban J connectivity index is 1.72. The van der Waals surface area contributed by atoms with Gasteiger partial charge in [0.15, 0.2) is 0 Å². The molecule has 3 rings (SSSR count). The minimum absolute atomic E-state index is 0.191. The van der Waals surface area contributed by atoms with Crippen molar-refractivity contribution in [1.29, 1.82) is 0 Å². The lowest BCUT2D eigenvalue weighted by molar-refractivity contribution is -0.124. The molecule has 0 bridgehead atoms. The highest BCUT2D eigenvalue weighted by Gasteiger charge is 2.51. The summed E-state index contributed by atoms with van der Waals surface area (Å²) in [6.07, 6.45) is 6.88. The second kappa shape index (κ2) is 4.17. The predicted octanol–water partition coefficient (Wildman–Crippen LogP) is 2.78. The van der Waals surface area contributed by atoms with Crippen molar-refractivity contribution in [3.05, 3.63) is 35.9 Å². The van der Waals surface area contributed by atoms with Crippen molar-refractivity contribution in [3.63, 3.8) is 0 Å². The average molecular weight is 229 g/mol. The highest BCUT2D eigenvalue weighted by atomic mass is 16.2. The number of rotatable bonds is 3. The molecule has 2 aliphatic rings. The number of nitrogens with one attached hydrogen (secondary N) is 1. The Morgan fingerprint density at radius 3 is 2.35 bits per heavy atom. The zero-order valence-corrected chi connectivity index (χ0v) is 10.1. The van der Waals surface area contributed by atoms with Gasteiger partial charge in [0.25, 0.3) is 0 Å². The average Bonchev–Trinajstić information content (AvgIpc) is 3.04. The van der Waals surface area contributed by atoms with Gasteiger partial charge in [-0.15, -0.1) is 0 Å². The molecular formula is C15H19NO. The molecule has 1 aromatic rings. The van der Waals surface area contributed by atoms with E-state index < -0.39 is 0 Å². The summed E-state index contributed by atoms with van der Waals surface area (Å²) in [4.78, 5) is 12.4. The minimum atomic E-state index is -0.191. The highest BCUT2D eigenvalue weighted by molar-refractivity contribution is 5.91. The Labute approximate surface area is 102 Å². The lowest BCUT2D eigenvalue weighted by atomic mass is 9.94. The summed E-state index contributed by atoms with van der Waals surface area (Å²) in [7, 11) is 0. The van der Waals surface area contributed by atoms with Crippen LogP contribution in [0.5, 0.6) is 0 Å². The monoisotopic (exact) mass is 229 g/mol. The molecule has 0 radical (unpaired) electrons. The van der Waals surface area contributed by atoms with Gasteiger partial charge in [-0.05, 0) is 31.2 Å². The van der Waals surface area contributed by atoms with Crippen molar-refractivity contribution in [1.82, 2.24) is 5.32 Å². The number of hydrogen-bond donors (Lipinski definition) is 1. The van der Waals surface area contributed by atoms with Gasteiger partial charge in [-0.2, -0.15) is 0 Å². The van der Waals surface area contributed by atoms with Gasteiger partial charge in [0.2, 0.25) is 5.91 Å². The van der Waals surface area contributed by atoms with E-state index >= 15 is 0 Å². The molecule has 17 heavy (non-hydrogen) atoms. The van der Waals surface area contributed by atoms with Gasteiger partial charge in [0.1, 0.15) is 0 Å². The molecule has 2 aliphatic carbocycles. The van der Waals surface area contributed by atoms with Crippen LogP contribution >= 0.6 is 0 Å². The molecule has 0 aromatic heterocycles. The highest BCUT2D eigenvalue weighted by Crippen LogP contribution is 2.48. The Kier molecular flexibility index (Phi) is 2.65. The van der Waals surface area contributed by atoms with E-state index in [1.807, 2.05) is 18.2 Å². The molecule has 1 N–H and O–H groups in total. The number of hydrogen-bond acceptors (Lipinski definition) is 1. The van der Waals surface area contributed by atoms with E-state index in [0.717, 1.165) is 25.7 Å². The van der Waals surface area contributed by atoms with Crippen LogP contribution in [0.25, 0.3) is 0 Å². The summed E-state index contributed by atoms with van der Waals surface area (Å²) in [5.74, 6) is 0.260. The summed E-state index contributed by atoms with van der Waals surface area (Å²) in [5.41, 5.74) is 1.000. The van der Waals surface area contributed by atoms with E-state index in [1.54, 1.807) is 0 Å². The first kappa shape index (κ1) is 10.8. The Bertz CT molecular complexity index is 402. The summed E-state index contributed by atoms with van der Waals surface area (Å²) in [6, 6.07) is 10.7. The van der Waals surface area contributed by atoms with Gasteiger partial charge >= 0.3 is 0 Å². The molecule has 0 saturated heterocycles. The molecule has 1 amide bonds. The maximum Gasteiger partial charge on any atom is 0.230 e. The van der Waals surface area contributed by atoms with Gasteiger partial charge in [-0.1, -0.05) is 43.2 Å². The van der Waals surface area contributed by atoms with Crippen molar-refractivity contribution in [3.8, 4) is 0 Å².